The van der Waals surface area contributed by atoms with Crippen molar-refractivity contribution >= 4 is 23.1 Å². The predicted octanol–water partition coefficient (Wildman–Crippen LogP) is 3.83. The first-order chi connectivity index (χ1) is 19.8. The molecule has 0 aliphatic carbocycles. The number of hydrogen-bond acceptors (Lipinski definition) is 8. The van der Waals surface area contributed by atoms with Crippen LogP contribution in [0.1, 0.15) is 43.3 Å². The molecular formula is C31H38N4O6. The van der Waals surface area contributed by atoms with Gasteiger partial charge < -0.3 is 24.2 Å². The van der Waals surface area contributed by atoms with E-state index in [2.05, 4.69) is 23.7 Å². The van der Waals surface area contributed by atoms with E-state index in [0.717, 1.165) is 19.5 Å². The van der Waals surface area contributed by atoms with E-state index in [1.807, 2.05) is 24.3 Å². The molecule has 1 atom stereocenters. The number of methoxy groups -OCH3 is 1. The number of benzene rings is 1. The van der Waals surface area contributed by atoms with Crippen LogP contribution in [0.4, 0.5) is 0 Å². The van der Waals surface area contributed by atoms with Gasteiger partial charge in [0.25, 0.3) is 11.7 Å². The number of nitrogens with zero attached hydrogens (tertiary/aromatic N) is 4. The van der Waals surface area contributed by atoms with Crippen molar-refractivity contribution in [2.24, 2.45) is 5.92 Å². The first kappa shape index (κ1) is 28.6. The lowest BCUT2D eigenvalue weighted by Gasteiger charge is -2.31. The second-order valence-electron chi connectivity index (χ2n) is 10.9. The first-order valence-corrected chi connectivity index (χ1v) is 14.1. The Bertz CT molecular complexity index is 1460. The fraction of sp³-hybridized carbons (Fsp3) is 0.452. The van der Waals surface area contributed by atoms with E-state index >= 15 is 0 Å². The lowest BCUT2D eigenvalue weighted by Crippen LogP contribution is -2.42. The van der Waals surface area contributed by atoms with E-state index in [9.17, 15) is 14.7 Å². The molecule has 2 saturated heterocycles. The fourth-order valence-corrected chi connectivity index (χ4v) is 5.44. The summed E-state index contributed by atoms with van der Waals surface area (Å²) in [6, 6.07) is 10.1. The highest BCUT2D eigenvalue weighted by molar-refractivity contribution is 6.46. The number of aryl methyl sites for hydroxylation is 1. The molecule has 10 heteroatoms. The maximum absolute atomic E-state index is 13.6. The molecule has 0 bridgehead atoms. The molecule has 2 fully saturated rings. The zero-order chi connectivity index (χ0) is 29.1. The van der Waals surface area contributed by atoms with E-state index < -0.39 is 17.7 Å². The number of hydrogen-bond donors (Lipinski definition) is 1. The number of ketones is 1. The van der Waals surface area contributed by atoms with Crippen LogP contribution >= 0.6 is 0 Å². The van der Waals surface area contributed by atoms with Gasteiger partial charge in [-0.25, -0.2) is 4.98 Å². The Balaban J connectivity index is 1.58. The summed E-state index contributed by atoms with van der Waals surface area (Å²) in [5, 5.41) is 11.7. The Morgan fingerprint density at radius 1 is 1.12 bits per heavy atom. The number of imidazole rings is 1. The molecule has 2 aromatic heterocycles. The highest BCUT2D eigenvalue weighted by atomic mass is 16.5. The zero-order valence-corrected chi connectivity index (χ0v) is 24.1. The lowest BCUT2D eigenvalue weighted by atomic mass is 9.96. The molecule has 41 heavy (non-hydrogen) atoms. The monoisotopic (exact) mass is 562 g/mol. The highest BCUT2D eigenvalue weighted by Crippen LogP contribution is 2.42. The number of fused-ring (bicyclic) bond motifs is 1. The number of carbonyl (C=O) groups excluding carboxylic acids is 2. The van der Waals surface area contributed by atoms with Gasteiger partial charge in [0, 0.05) is 32.4 Å². The van der Waals surface area contributed by atoms with Gasteiger partial charge in [0.1, 0.15) is 11.3 Å². The summed E-state index contributed by atoms with van der Waals surface area (Å²) in [7, 11) is 1.56. The minimum absolute atomic E-state index is 0.0289. The maximum Gasteiger partial charge on any atom is 0.295 e. The third kappa shape index (κ3) is 5.80. The standard InChI is InChI=1S/C31H38N4O6/c1-20(2)10-16-41-23-9-8-22(19-24(23)39-4)28-26(29(36)27-21(3)32-25-7-5-6-11-34(25)27)30(37)31(38)35(28)13-12-33-14-17-40-18-15-33/h5-9,11,19-20,28,36H,10,12-18H2,1-4H3. The summed E-state index contributed by atoms with van der Waals surface area (Å²) in [5.41, 5.74) is 2.25. The molecule has 2 aliphatic rings. The number of aromatic nitrogens is 2. The fourth-order valence-electron chi connectivity index (χ4n) is 5.44. The Labute approximate surface area is 240 Å². The summed E-state index contributed by atoms with van der Waals surface area (Å²) >= 11 is 0. The molecule has 4 heterocycles. The molecule has 0 spiro atoms. The van der Waals surface area contributed by atoms with Gasteiger partial charge in [0.2, 0.25) is 0 Å². The number of amides is 1. The number of aliphatic hydroxyl groups excluding tert-OH is 1. The van der Waals surface area contributed by atoms with Crippen LogP contribution in [0, 0.1) is 12.8 Å². The topological polar surface area (TPSA) is 106 Å². The average molecular weight is 563 g/mol. The van der Waals surface area contributed by atoms with Crippen LogP contribution in [0.5, 0.6) is 11.5 Å². The number of Topliss-reactive ketones (excluding diaryl/α,β-unsaturated/α-hetero) is 1. The molecule has 3 aromatic rings. The summed E-state index contributed by atoms with van der Waals surface area (Å²) < 4.78 is 18.8. The molecule has 1 unspecified atom stereocenters. The zero-order valence-electron chi connectivity index (χ0n) is 24.1. The normalized spacial score (nSPS) is 19.4. The van der Waals surface area contributed by atoms with Crippen molar-refractivity contribution in [1.29, 1.82) is 0 Å². The molecule has 1 N–H and O–H groups in total. The van der Waals surface area contributed by atoms with Crippen LogP contribution in [-0.2, 0) is 14.3 Å². The van der Waals surface area contributed by atoms with Crippen molar-refractivity contribution in [3.05, 3.63) is 65.1 Å². The third-order valence-electron chi connectivity index (χ3n) is 7.69. The molecule has 10 nitrogen and oxygen atoms in total. The van der Waals surface area contributed by atoms with E-state index in [4.69, 9.17) is 14.2 Å². The van der Waals surface area contributed by atoms with Crippen molar-refractivity contribution in [1.82, 2.24) is 19.2 Å². The molecule has 0 radical (unpaired) electrons. The van der Waals surface area contributed by atoms with E-state index in [1.54, 1.807) is 41.7 Å². The minimum atomic E-state index is -0.816. The van der Waals surface area contributed by atoms with Crippen LogP contribution < -0.4 is 9.47 Å². The van der Waals surface area contributed by atoms with Crippen LogP contribution in [0.3, 0.4) is 0 Å². The summed E-state index contributed by atoms with van der Waals surface area (Å²) in [4.78, 5) is 35.5. The smallest absolute Gasteiger partial charge is 0.295 e. The van der Waals surface area contributed by atoms with Gasteiger partial charge in [-0.1, -0.05) is 26.0 Å². The molecule has 0 saturated carbocycles. The summed E-state index contributed by atoms with van der Waals surface area (Å²) in [6.45, 7) is 10.2. The number of likely N-dealkylation sites (tertiary alicyclic amines) is 1. The Hall–Kier alpha value is -3.89. The molecule has 1 aromatic carbocycles. The number of carbonyl (C=O) groups is 2. The van der Waals surface area contributed by atoms with Crippen LogP contribution in [0.25, 0.3) is 11.4 Å². The Morgan fingerprint density at radius 3 is 2.63 bits per heavy atom. The first-order valence-electron chi connectivity index (χ1n) is 14.1. The van der Waals surface area contributed by atoms with Gasteiger partial charge in [0.15, 0.2) is 17.3 Å². The van der Waals surface area contributed by atoms with Gasteiger partial charge >= 0.3 is 0 Å². The van der Waals surface area contributed by atoms with Gasteiger partial charge in [-0.15, -0.1) is 0 Å². The maximum atomic E-state index is 13.6. The summed E-state index contributed by atoms with van der Waals surface area (Å²) in [5.74, 6) is -0.0523. The lowest BCUT2D eigenvalue weighted by molar-refractivity contribution is -0.140. The number of pyridine rings is 1. The number of aliphatic hydroxyl groups is 1. The van der Waals surface area contributed by atoms with Gasteiger partial charge in [0.05, 0.1) is 44.2 Å². The molecule has 2 aliphatic heterocycles. The predicted molar refractivity (Wildman–Crippen MR) is 154 cm³/mol. The van der Waals surface area contributed by atoms with Crippen LogP contribution in [0.2, 0.25) is 0 Å². The molecule has 1 amide bonds. The van der Waals surface area contributed by atoms with Crippen molar-refractivity contribution < 1.29 is 28.9 Å². The van der Waals surface area contributed by atoms with Gasteiger partial charge in [-0.05, 0) is 49.1 Å². The Kier molecular flexibility index (Phi) is 8.60. The second-order valence-corrected chi connectivity index (χ2v) is 10.9. The van der Waals surface area contributed by atoms with Gasteiger partial charge in [-0.3, -0.25) is 18.9 Å². The molecule has 5 rings (SSSR count). The third-order valence-corrected chi connectivity index (χ3v) is 7.69. The van der Waals surface area contributed by atoms with Crippen molar-refractivity contribution in [2.75, 3.05) is 53.1 Å². The van der Waals surface area contributed by atoms with Gasteiger partial charge in [-0.2, -0.15) is 0 Å². The van der Waals surface area contributed by atoms with Crippen molar-refractivity contribution in [3.8, 4) is 11.5 Å². The summed E-state index contributed by atoms with van der Waals surface area (Å²) in [6.07, 6.45) is 2.67. The quantitative estimate of drug-likeness (QED) is 0.226. The second kappa shape index (κ2) is 12.3. The minimum Gasteiger partial charge on any atom is -0.505 e. The van der Waals surface area contributed by atoms with E-state index in [0.29, 0.717) is 72.9 Å². The van der Waals surface area contributed by atoms with Crippen molar-refractivity contribution in [2.45, 2.75) is 33.2 Å². The van der Waals surface area contributed by atoms with Crippen molar-refractivity contribution in [3.63, 3.8) is 0 Å². The Morgan fingerprint density at radius 2 is 1.90 bits per heavy atom. The number of rotatable bonds is 10. The largest absolute Gasteiger partial charge is 0.505 e. The van der Waals surface area contributed by atoms with E-state index in [1.165, 1.54) is 0 Å². The molecular weight excluding hydrogens is 524 g/mol. The van der Waals surface area contributed by atoms with Crippen LogP contribution in [-0.4, -0.2) is 89.1 Å². The highest BCUT2D eigenvalue weighted by Gasteiger charge is 2.46. The molecule has 218 valence electrons. The number of ether oxygens (including phenoxy) is 3. The SMILES string of the molecule is COc1cc(C2C(=C(O)c3c(C)nc4ccccn34)C(=O)C(=O)N2CCN2CCOCC2)ccc1OCCC(C)C. The number of morpholine rings is 1. The average Bonchev–Trinajstić information content (AvgIpc) is 3.44. The van der Waals surface area contributed by atoms with E-state index in [-0.39, 0.29) is 11.3 Å². The van der Waals surface area contributed by atoms with Crippen LogP contribution in [0.15, 0.2) is 48.2 Å².